The minimum absolute atomic E-state index is 0.0135. The summed E-state index contributed by atoms with van der Waals surface area (Å²) in [6, 6.07) is 0. The first-order valence-electron chi connectivity index (χ1n) is 6.18. The molecule has 1 saturated heterocycles. The zero-order valence-electron chi connectivity index (χ0n) is 10.9. The van der Waals surface area contributed by atoms with Crippen molar-refractivity contribution >= 4 is 7.12 Å². The van der Waals surface area contributed by atoms with E-state index in [-0.39, 0.29) is 18.1 Å². The van der Waals surface area contributed by atoms with E-state index in [1.165, 1.54) is 19.3 Å². The summed E-state index contributed by atoms with van der Waals surface area (Å²) in [6.07, 6.45) is 4.76. The van der Waals surface area contributed by atoms with Gasteiger partial charge in [0.15, 0.2) is 0 Å². The predicted molar refractivity (Wildman–Crippen MR) is 65.0 cm³/mol. The van der Waals surface area contributed by atoms with Crippen molar-refractivity contribution < 1.29 is 9.31 Å². The number of unbranched alkanes of at least 4 members (excludes halogenated alkanes) is 2. The number of hydrogen-bond donors (Lipinski definition) is 0. The normalized spacial score (nSPS) is 24.2. The van der Waals surface area contributed by atoms with Gasteiger partial charge < -0.3 is 9.31 Å². The molecular weight excluding hydrogens is 187 g/mol. The van der Waals surface area contributed by atoms with E-state index in [0.717, 1.165) is 12.9 Å². The fourth-order valence-electron chi connectivity index (χ4n) is 1.70. The second-order valence-corrected chi connectivity index (χ2v) is 5.75. The highest BCUT2D eigenvalue weighted by atomic mass is 16.6. The first-order valence-corrected chi connectivity index (χ1v) is 6.18. The average molecular weight is 212 g/mol. The molecule has 0 spiro atoms. The van der Waals surface area contributed by atoms with Gasteiger partial charge in [0.25, 0.3) is 0 Å². The Morgan fingerprint density at radius 2 is 1.80 bits per heavy atom. The van der Waals surface area contributed by atoms with Crippen LogP contribution in [0.5, 0.6) is 0 Å². The lowest BCUT2D eigenvalue weighted by Crippen LogP contribution is -2.54. The van der Waals surface area contributed by atoms with Gasteiger partial charge in [-0.05, 0) is 20.2 Å². The van der Waals surface area contributed by atoms with Gasteiger partial charge in [-0.2, -0.15) is 0 Å². The predicted octanol–water partition coefficient (Wildman–Crippen LogP) is 3.52. The first-order chi connectivity index (χ1) is 6.89. The summed E-state index contributed by atoms with van der Waals surface area (Å²) in [5.41, 5.74) is 0.0242. The standard InChI is InChI=1S/C12H25BO2/c1-6-7-8-9-13-14-10-11(2,3)12(4,5)15-13/h6-10H2,1-5H3. The zero-order chi connectivity index (χ0) is 11.5. The van der Waals surface area contributed by atoms with Crippen molar-refractivity contribution in [2.24, 2.45) is 5.41 Å². The van der Waals surface area contributed by atoms with Gasteiger partial charge in [-0.25, -0.2) is 0 Å². The largest absolute Gasteiger partial charge is 0.457 e. The van der Waals surface area contributed by atoms with E-state index in [0.29, 0.717) is 0 Å². The van der Waals surface area contributed by atoms with Crippen LogP contribution in [-0.4, -0.2) is 19.3 Å². The Bertz CT molecular complexity index is 202. The van der Waals surface area contributed by atoms with Gasteiger partial charge in [0.05, 0.1) is 5.60 Å². The van der Waals surface area contributed by atoms with Gasteiger partial charge >= 0.3 is 7.12 Å². The van der Waals surface area contributed by atoms with Crippen molar-refractivity contribution in [2.45, 2.75) is 65.8 Å². The Morgan fingerprint density at radius 1 is 1.13 bits per heavy atom. The van der Waals surface area contributed by atoms with Gasteiger partial charge in [0, 0.05) is 12.0 Å². The fourth-order valence-corrected chi connectivity index (χ4v) is 1.70. The van der Waals surface area contributed by atoms with Crippen molar-refractivity contribution in [3.05, 3.63) is 0 Å². The highest BCUT2D eigenvalue weighted by molar-refractivity contribution is 6.44. The molecule has 0 aromatic heterocycles. The Morgan fingerprint density at radius 3 is 2.33 bits per heavy atom. The van der Waals surface area contributed by atoms with E-state index in [9.17, 15) is 0 Å². The molecule has 1 fully saturated rings. The van der Waals surface area contributed by atoms with Gasteiger partial charge in [-0.15, -0.1) is 0 Å². The molecule has 0 atom stereocenters. The second kappa shape index (κ2) is 4.88. The Hall–Kier alpha value is -0.0151. The van der Waals surface area contributed by atoms with E-state index in [1.807, 2.05) is 0 Å². The maximum atomic E-state index is 6.01. The van der Waals surface area contributed by atoms with E-state index >= 15 is 0 Å². The molecule has 3 heteroatoms. The number of hydrogen-bond acceptors (Lipinski definition) is 2. The molecule has 0 amide bonds. The van der Waals surface area contributed by atoms with Gasteiger partial charge in [-0.3, -0.25) is 0 Å². The third-order valence-corrected chi connectivity index (χ3v) is 3.73. The minimum Gasteiger partial charge on any atom is -0.410 e. The van der Waals surface area contributed by atoms with Crippen LogP contribution in [0, 0.1) is 5.41 Å². The molecule has 0 unspecified atom stereocenters. The third kappa shape index (κ3) is 3.22. The summed E-state index contributed by atoms with van der Waals surface area (Å²) < 4.78 is 11.8. The number of rotatable bonds is 4. The van der Waals surface area contributed by atoms with Gasteiger partial charge in [0.2, 0.25) is 0 Å². The molecular formula is C12H25BO2. The van der Waals surface area contributed by atoms with Crippen LogP contribution in [0.1, 0.15) is 53.9 Å². The summed E-state index contributed by atoms with van der Waals surface area (Å²) in [6.45, 7) is 11.8. The molecule has 0 aliphatic carbocycles. The molecule has 0 N–H and O–H groups in total. The van der Waals surface area contributed by atoms with Crippen LogP contribution in [0.3, 0.4) is 0 Å². The quantitative estimate of drug-likeness (QED) is 0.524. The molecule has 0 aromatic rings. The Balaban J connectivity index is 2.41. The Labute approximate surface area is 94.9 Å². The van der Waals surface area contributed by atoms with Gasteiger partial charge in [0.1, 0.15) is 0 Å². The molecule has 1 rings (SSSR count). The summed E-state index contributed by atoms with van der Waals surface area (Å²) in [4.78, 5) is 0. The Kier molecular flexibility index (Phi) is 4.24. The highest BCUT2D eigenvalue weighted by Gasteiger charge is 2.45. The van der Waals surface area contributed by atoms with Gasteiger partial charge in [-0.1, -0.05) is 40.0 Å². The van der Waals surface area contributed by atoms with E-state index in [4.69, 9.17) is 9.31 Å². The lowest BCUT2D eigenvalue weighted by molar-refractivity contribution is -0.0979. The summed E-state index contributed by atoms with van der Waals surface area (Å²) in [7, 11) is 0.0135. The maximum Gasteiger partial charge on any atom is 0.457 e. The molecule has 1 aliphatic heterocycles. The summed E-state index contributed by atoms with van der Waals surface area (Å²) in [5.74, 6) is 0. The van der Waals surface area contributed by atoms with Crippen molar-refractivity contribution in [2.75, 3.05) is 6.61 Å². The smallest absolute Gasteiger partial charge is 0.410 e. The molecule has 0 bridgehead atoms. The lowest BCUT2D eigenvalue weighted by Gasteiger charge is -2.47. The molecule has 2 nitrogen and oxygen atoms in total. The van der Waals surface area contributed by atoms with Crippen molar-refractivity contribution in [3.63, 3.8) is 0 Å². The molecule has 0 saturated carbocycles. The van der Waals surface area contributed by atoms with E-state index in [2.05, 4.69) is 34.6 Å². The van der Waals surface area contributed by atoms with Crippen molar-refractivity contribution in [1.29, 1.82) is 0 Å². The van der Waals surface area contributed by atoms with Crippen LogP contribution in [0.2, 0.25) is 6.32 Å². The second-order valence-electron chi connectivity index (χ2n) is 5.75. The minimum atomic E-state index is -0.0812. The SMILES string of the molecule is CCCCCB1OCC(C)(C)C(C)(C)O1. The highest BCUT2D eigenvalue weighted by Crippen LogP contribution is 2.38. The first kappa shape index (κ1) is 13.1. The van der Waals surface area contributed by atoms with Crippen LogP contribution in [0.25, 0.3) is 0 Å². The van der Waals surface area contributed by atoms with Crippen LogP contribution in [0.15, 0.2) is 0 Å². The topological polar surface area (TPSA) is 18.5 Å². The average Bonchev–Trinajstić information content (AvgIpc) is 2.12. The molecule has 15 heavy (non-hydrogen) atoms. The third-order valence-electron chi connectivity index (χ3n) is 3.73. The monoisotopic (exact) mass is 212 g/mol. The molecule has 0 radical (unpaired) electrons. The summed E-state index contributed by atoms with van der Waals surface area (Å²) in [5, 5.41) is 0. The van der Waals surface area contributed by atoms with E-state index < -0.39 is 0 Å². The van der Waals surface area contributed by atoms with Crippen molar-refractivity contribution in [3.8, 4) is 0 Å². The fraction of sp³-hybridized carbons (Fsp3) is 1.00. The molecule has 1 heterocycles. The van der Waals surface area contributed by atoms with Crippen LogP contribution >= 0.6 is 0 Å². The molecule has 1 aliphatic rings. The zero-order valence-corrected chi connectivity index (χ0v) is 10.9. The van der Waals surface area contributed by atoms with Crippen molar-refractivity contribution in [1.82, 2.24) is 0 Å². The summed E-state index contributed by atoms with van der Waals surface area (Å²) >= 11 is 0. The van der Waals surface area contributed by atoms with Crippen LogP contribution < -0.4 is 0 Å². The van der Waals surface area contributed by atoms with Crippen LogP contribution in [-0.2, 0) is 9.31 Å². The molecule has 88 valence electrons. The molecule has 0 aromatic carbocycles. The van der Waals surface area contributed by atoms with Crippen LogP contribution in [0.4, 0.5) is 0 Å². The maximum absolute atomic E-state index is 6.01. The lowest BCUT2D eigenvalue weighted by atomic mass is 9.70. The van der Waals surface area contributed by atoms with E-state index in [1.54, 1.807) is 0 Å².